The molecule has 0 aromatic carbocycles. The van der Waals surface area contributed by atoms with E-state index in [-0.39, 0.29) is 11.5 Å². The summed E-state index contributed by atoms with van der Waals surface area (Å²) in [5.74, 6) is 0.480. The Balaban J connectivity index is 1.80. The predicted octanol–water partition coefficient (Wildman–Crippen LogP) is 2.59. The van der Waals surface area contributed by atoms with Gasteiger partial charge in [-0.2, -0.15) is 0 Å². The summed E-state index contributed by atoms with van der Waals surface area (Å²) < 4.78 is 0. The zero-order chi connectivity index (χ0) is 14.8. The van der Waals surface area contributed by atoms with Crippen LogP contribution in [0, 0.1) is 11.3 Å². The summed E-state index contributed by atoms with van der Waals surface area (Å²) in [6, 6.07) is 0.719. The molecule has 3 atom stereocenters. The zero-order valence-corrected chi connectivity index (χ0v) is 13.9. The van der Waals surface area contributed by atoms with Crippen molar-refractivity contribution >= 4 is 0 Å². The Morgan fingerprint density at radius 2 is 1.85 bits per heavy atom. The van der Waals surface area contributed by atoms with E-state index in [9.17, 15) is 5.11 Å². The molecular weight excluding hydrogens is 248 g/mol. The van der Waals surface area contributed by atoms with Gasteiger partial charge in [-0.05, 0) is 37.5 Å². The zero-order valence-electron chi connectivity index (χ0n) is 13.9. The van der Waals surface area contributed by atoms with E-state index in [4.69, 9.17) is 0 Å². The maximum atomic E-state index is 10.6. The number of hydrogen-bond acceptors (Lipinski definition) is 3. The molecule has 0 spiro atoms. The highest BCUT2D eigenvalue weighted by atomic mass is 16.3. The van der Waals surface area contributed by atoms with Crippen molar-refractivity contribution < 1.29 is 5.11 Å². The van der Waals surface area contributed by atoms with E-state index in [0.29, 0.717) is 5.92 Å². The number of rotatable bonds is 4. The van der Waals surface area contributed by atoms with E-state index in [1.165, 1.54) is 51.9 Å². The van der Waals surface area contributed by atoms with Crippen molar-refractivity contribution in [3.05, 3.63) is 0 Å². The molecular formula is C17H34N2O. The van der Waals surface area contributed by atoms with Gasteiger partial charge in [0.1, 0.15) is 0 Å². The molecule has 1 aliphatic carbocycles. The summed E-state index contributed by atoms with van der Waals surface area (Å²) in [6.07, 6.45) is 4.78. The van der Waals surface area contributed by atoms with E-state index < -0.39 is 0 Å². The van der Waals surface area contributed by atoms with Crippen molar-refractivity contribution in [2.75, 3.05) is 32.7 Å². The third-order valence-electron chi connectivity index (χ3n) is 5.76. The van der Waals surface area contributed by atoms with Crippen LogP contribution in [0.25, 0.3) is 0 Å². The van der Waals surface area contributed by atoms with Crippen LogP contribution < -0.4 is 0 Å². The van der Waals surface area contributed by atoms with Crippen molar-refractivity contribution in [1.29, 1.82) is 0 Å². The van der Waals surface area contributed by atoms with Crippen molar-refractivity contribution in [3.8, 4) is 0 Å². The summed E-state index contributed by atoms with van der Waals surface area (Å²) in [5, 5.41) is 10.6. The van der Waals surface area contributed by atoms with Gasteiger partial charge >= 0.3 is 0 Å². The molecule has 118 valence electrons. The SMILES string of the molecule is CCC(C)N1CCN(CC2CCCC(C)(C)C2O)CC1. The quantitative estimate of drug-likeness (QED) is 0.858. The molecule has 2 fully saturated rings. The molecule has 1 heterocycles. The fourth-order valence-electron chi connectivity index (χ4n) is 3.93. The molecule has 2 rings (SSSR count). The second-order valence-electron chi connectivity index (χ2n) is 7.68. The normalized spacial score (nSPS) is 34.0. The third kappa shape index (κ3) is 3.75. The van der Waals surface area contributed by atoms with Crippen molar-refractivity contribution in [1.82, 2.24) is 9.80 Å². The molecule has 0 aromatic heterocycles. The molecule has 0 aromatic rings. The summed E-state index contributed by atoms with van der Waals surface area (Å²) >= 11 is 0. The average Bonchev–Trinajstić information content (AvgIpc) is 2.44. The van der Waals surface area contributed by atoms with E-state index in [1.807, 2.05) is 0 Å². The van der Waals surface area contributed by atoms with Crippen LogP contribution in [0.5, 0.6) is 0 Å². The number of aliphatic hydroxyl groups is 1. The smallest absolute Gasteiger partial charge is 0.0631 e. The number of aliphatic hydroxyl groups excluding tert-OH is 1. The second-order valence-corrected chi connectivity index (χ2v) is 7.68. The molecule has 1 aliphatic heterocycles. The lowest BCUT2D eigenvalue weighted by Crippen LogP contribution is -2.52. The first-order valence-electron chi connectivity index (χ1n) is 8.58. The minimum atomic E-state index is -0.121. The Morgan fingerprint density at radius 3 is 2.45 bits per heavy atom. The van der Waals surface area contributed by atoms with E-state index in [2.05, 4.69) is 37.5 Å². The van der Waals surface area contributed by atoms with E-state index in [1.54, 1.807) is 0 Å². The number of nitrogens with zero attached hydrogens (tertiary/aromatic N) is 2. The van der Waals surface area contributed by atoms with Crippen LogP contribution in [0.3, 0.4) is 0 Å². The highest BCUT2D eigenvalue weighted by molar-refractivity contribution is 4.90. The number of hydrogen-bond donors (Lipinski definition) is 1. The van der Waals surface area contributed by atoms with Gasteiger partial charge in [0.25, 0.3) is 0 Å². The molecule has 1 N–H and O–H groups in total. The van der Waals surface area contributed by atoms with Crippen molar-refractivity contribution in [2.45, 2.75) is 65.5 Å². The minimum Gasteiger partial charge on any atom is -0.392 e. The predicted molar refractivity (Wildman–Crippen MR) is 84.9 cm³/mol. The van der Waals surface area contributed by atoms with Crippen LogP contribution >= 0.6 is 0 Å². The Bertz CT molecular complexity index is 297. The Kier molecular flexibility index (Phi) is 5.49. The van der Waals surface area contributed by atoms with Gasteiger partial charge < -0.3 is 10.0 Å². The molecule has 20 heavy (non-hydrogen) atoms. The van der Waals surface area contributed by atoms with Crippen LogP contribution in [0.15, 0.2) is 0 Å². The second kappa shape index (κ2) is 6.76. The van der Waals surface area contributed by atoms with Gasteiger partial charge in [-0.3, -0.25) is 4.90 Å². The summed E-state index contributed by atoms with van der Waals surface area (Å²) in [5.41, 5.74) is 0.113. The van der Waals surface area contributed by atoms with Crippen LogP contribution in [0.4, 0.5) is 0 Å². The Hall–Kier alpha value is -0.120. The van der Waals surface area contributed by atoms with Gasteiger partial charge in [0.05, 0.1) is 6.10 Å². The molecule has 3 nitrogen and oxygen atoms in total. The fraction of sp³-hybridized carbons (Fsp3) is 1.00. The highest BCUT2D eigenvalue weighted by Gasteiger charge is 2.38. The third-order valence-corrected chi connectivity index (χ3v) is 5.76. The summed E-state index contributed by atoms with van der Waals surface area (Å²) in [7, 11) is 0. The van der Waals surface area contributed by atoms with Crippen LogP contribution in [0.2, 0.25) is 0 Å². The van der Waals surface area contributed by atoms with Gasteiger partial charge in [-0.25, -0.2) is 0 Å². The van der Waals surface area contributed by atoms with Gasteiger partial charge in [0.2, 0.25) is 0 Å². The first-order chi connectivity index (χ1) is 9.44. The van der Waals surface area contributed by atoms with Gasteiger partial charge in [0, 0.05) is 38.8 Å². The molecule has 3 heteroatoms. The molecule has 0 radical (unpaired) electrons. The molecule has 0 bridgehead atoms. The summed E-state index contributed by atoms with van der Waals surface area (Å²) in [4.78, 5) is 5.19. The van der Waals surface area contributed by atoms with Crippen LogP contribution in [-0.4, -0.2) is 59.8 Å². The molecule has 1 saturated heterocycles. The maximum absolute atomic E-state index is 10.6. The molecule has 1 saturated carbocycles. The lowest BCUT2D eigenvalue weighted by Gasteiger charge is -2.44. The lowest BCUT2D eigenvalue weighted by molar-refractivity contribution is -0.0475. The summed E-state index contributed by atoms with van der Waals surface area (Å²) in [6.45, 7) is 14.9. The van der Waals surface area contributed by atoms with Crippen molar-refractivity contribution in [2.24, 2.45) is 11.3 Å². The minimum absolute atomic E-state index is 0.113. The fourth-order valence-corrected chi connectivity index (χ4v) is 3.93. The first kappa shape index (κ1) is 16.3. The lowest BCUT2D eigenvalue weighted by atomic mass is 9.69. The topological polar surface area (TPSA) is 26.7 Å². The molecule has 0 amide bonds. The largest absolute Gasteiger partial charge is 0.392 e. The van der Waals surface area contributed by atoms with E-state index in [0.717, 1.165) is 12.6 Å². The average molecular weight is 282 g/mol. The van der Waals surface area contributed by atoms with Crippen LogP contribution in [0.1, 0.15) is 53.4 Å². The van der Waals surface area contributed by atoms with Gasteiger partial charge in [0.15, 0.2) is 0 Å². The van der Waals surface area contributed by atoms with Gasteiger partial charge in [-0.1, -0.05) is 27.2 Å². The molecule has 2 aliphatic rings. The monoisotopic (exact) mass is 282 g/mol. The Labute approximate surface area is 125 Å². The number of piperazine rings is 1. The maximum Gasteiger partial charge on any atom is 0.0631 e. The Morgan fingerprint density at radius 1 is 1.20 bits per heavy atom. The van der Waals surface area contributed by atoms with Crippen LogP contribution in [-0.2, 0) is 0 Å². The van der Waals surface area contributed by atoms with E-state index >= 15 is 0 Å². The van der Waals surface area contributed by atoms with Crippen molar-refractivity contribution in [3.63, 3.8) is 0 Å². The highest BCUT2D eigenvalue weighted by Crippen LogP contribution is 2.39. The van der Waals surface area contributed by atoms with Gasteiger partial charge in [-0.15, -0.1) is 0 Å². The first-order valence-corrected chi connectivity index (χ1v) is 8.58. The molecule has 3 unspecified atom stereocenters. The standard InChI is InChI=1S/C17H34N2O/c1-5-14(2)19-11-9-18(10-12-19)13-15-7-6-8-17(3,4)16(15)20/h14-16,20H,5-13H2,1-4H3.